The minimum Gasteiger partial charge on any atom is -0.282 e. The van der Waals surface area contributed by atoms with Gasteiger partial charge in [0.2, 0.25) is 0 Å². The summed E-state index contributed by atoms with van der Waals surface area (Å²) in [5.41, 5.74) is 6.65. The van der Waals surface area contributed by atoms with E-state index in [0.29, 0.717) is 0 Å². The highest BCUT2D eigenvalue weighted by atomic mass is 32.2. The first-order valence-electron chi connectivity index (χ1n) is 10.2. The Labute approximate surface area is 179 Å². The van der Waals surface area contributed by atoms with Crippen molar-refractivity contribution < 1.29 is 13.0 Å². The summed E-state index contributed by atoms with van der Waals surface area (Å²) in [6, 6.07) is 14.5. The second-order valence-electron chi connectivity index (χ2n) is 8.40. The van der Waals surface area contributed by atoms with E-state index in [2.05, 4.69) is 58.0 Å². The highest BCUT2D eigenvalue weighted by Crippen LogP contribution is 2.43. The molecule has 0 unspecified atom stereocenters. The Balaban J connectivity index is 0.000000199. The number of rotatable bonds is 3. The Morgan fingerprint density at radius 3 is 2.23 bits per heavy atom. The SMILES string of the molecule is CCCC1=C(C)C(C)(C)C=C2N=c3ccccc3=C21.Cc1ccc(S(=O)(=O)O)cc1. The van der Waals surface area contributed by atoms with Crippen molar-refractivity contribution in [3.05, 3.63) is 87.6 Å². The molecule has 2 aromatic rings. The Hall–Kier alpha value is -2.50. The van der Waals surface area contributed by atoms with Crippen LogP contribution in [0.1, 0.15) is 46.1 Å². The molecule has 0 amide bonds. The highest BCUT2D eigenvalue weighted by molar-refractivity contribution is 7.85. The largest absolute Gasteiger partial charge is 0.294 e. The molecule has 5 heteroatoms. The fraction of sp³-hybridized carbons (Fsp3) is 0.320. The van der Waals surface area contributed by atoms with E-state index in [1.807, 2.05) is 6.92 Å². The first-order valence-corrected chi connectivity index (χ1v) is 11.6. The molecule has 158 valence electrons. The predicted octanol–water partition coefficient (Wildman–Crippen LogP) is 4.75. The number of aryl methyl sites for hydroxylation is 1. The summed E-state index contributed by atoms with van der Waals surface area (Å²) < 4.78 is 29.6. The lowest BCUT2D eigenvalue weighted by Crippen LogP contribution is -2.24. The van der Waals surface area contributed by atoms with Gasteiger partial charge in [-0.3, -0.25) is 4.55 Å². The number of para-hydroxylation sites is 1. The Bertz CT molecular complexity index is 1250. The van der Waals surface area contributed by atoms with Crippen LogP contribution in [-0.4, -0.2) is 13.0 Å². The molecular formula is C25H29NO3S. The standard InChI is InChI=1S/C18H21N.C7H8O3S/c1-5-8-13-12(2)18(3,4)11-16-17(13)14-9-6-7-10-15(14)19-16;1-6-2-4-7(5-3-6)11(8,9)10/h6-7,9-11H,5,8H2,1-4H3;2-5H,1H3,(H,8,9,10). The summed E-state index contributed by atoms with van der Waals surface area (Å²) in [5.74, 6) is 0. The number of nitrogens with zero attached hydrogens (tertiary/aromatic N) is 1. The topological polar surface area (TPSA) is 66.7 Å². The second kappa shape index (κ2) is 8.32. The lowest BCUT2D eigenvalue weighted by molar-refractivity contribution is 0.483. The molecular weight excluding hydrogens is 394 g/mol. The van der Waals surface area contributed by atoms with Gasteiger partial charge in [-0.25, -0.2) is 4.99 Å². The van der Waals surface area contributed by atoms with Crippen LogP contribution in [0.4, 0.5) is 0 Å². The van der Waals surface area contributed by atoms with Crippen molar-refractivity contribution in [3.63, 3.8) is 0 Å². The van der Waals surface area contributed by atoms with Gasteiger partial charge in [-0.15, -0.1) is 0 Å². The van der Waals surface area contributed by atoms with Gasteiger partial charge in [0.1, 0.15) is 0 Å². The molecule has 0 saturated heterocycles. The van der Waals surface area contributed by atoms with E-state index in [4.69, 9.17) is 9.55 Å². The maximum Gasteiger partial charge on any atom is 0.294 e. The van der Waals surface area contributed by atoms with Crippen molar-refractivity contribution in [3.8, 4) is 0 Å². The number of fused-ring (bicyclic) bond motifs is 2. The maximum atomic E-state index is 10.5. The van der Waals surface area contributed by atoms with E-state index < -0.39 is 10.1 Å². The first kappa shape index (κ1) is 22.2. The van der Waals surface area contributed by atoms with Crippen molar-refractivity contribution in [2.45, 2.75) is 52.4 Å². The van der Waals surface area contributed by atoms with Gasteiger partial charge >= 0.3 is 0 Å². The molecule has 2 aromatic carbocycles. The van der Waals surface area contributed by atoms with Crippen LogP contribution in [0.2, 0.25) is 0 Å². The van der Waals surface area contributed by atoms with Gasteiger partial charge < -0.3 is 0 Å². The van der Waals surface area contributed by atoms with Crippen LogP contribution in [0, 0.1) is 12.3 Å². The van der Waals surface area contributed by atoms with E-state index >= 15 is 0 Å². The van der Waals surface area contributed by atoms with E-state index in [1.54, 1.807) is 12.1 Å². The zero-order valence-electron chi connectivity index (χ0n) is 18.2. The van der Waals surface area contributed by atoms with Crippen molar-refractivity contribution in [1.82, 2.24) is 0 Å². The van der Waals surface area contributed by atoms with Gasteiger partial charge in [-0.2, -0.15) is 8.42 Å². The summed E-state index contributed by atoms with van der Waals surface area (Å²) in [5, 5.41) is 2.44. The molecule has 1 aliphatic carbocycles. The molecule has 1 aliphatic heterocycles. The van der Waals surface area contributed by atoms with Crippen molar-refractivity contribution in [1.29, 1.82) is 0 Å². The van der Waals surface area contributed by atoms with Crippen molar-refractivity contribution in [2.24, 2.45) is 10.4 Å². The minimum atomic E-state index is -4.02. The van der Waals surface area contributed by atoms with Crippen LogP contribution in [0.5, 0.6) is 0 Å². The van der Waals surface area contributed by atoms with Crippen LogP contribution in [0.3, 0.4) is 0 Å². The summed E-state index contributed by atoms with van der Waals surface area (Å²) in [4.78, 5) is 4.76. The van der Waals surface area contributed by atoms with Gasteiger partial charge in [-0.1, -0.05) is 68.7 Å². The third-order valence-electron chi connectivity index (χ3n) is 5.71. The molecule has 4 rings (SSSR count). The Morgan fingerprint density at radius 2 is 1.63 bits per heavy atom. The molecule has 30 heavy (non-hydrogen) atoms. The second-order valence-corrected chi connectivity index (χ2v) is 9.82. The molecule has 0 fully saturated rings. The van der Waals surface area contributed by atoms with Crippen molar-refractivity contribution >= 4 is 15.7 Å². The predicted molar refractivity (Wildman–Crippen MR) is 121 cm³/mol. The molecule has 1 heterocycles. The fourth-order valence-corrected chi connectivity index (χ4v) is 4.31. The molecule has 0 atom stereocenters. The monoisotopic (exact) mass is 423 g/mol. The lowest BCUT2D eigenvalue weighted by atomic mass is 9.74. The third-order valence-corrected chi connectivity index (χ3v) is 6.58. The summed E-state index contributed by atoms with van der Waals surface area (Å²) in [6.45, 7) is 11.0. The average molecular weight is 424 g/mol. The number of hydrogen-bond acceptors (Lipinski definition) is 3. The molecule has 2 aliphatic rings. The Morgan fingerprint density at radius 1 is 1.00 bits per heavy atom. The number of hydrogen-bond donors (Lipinski definition) is 1. The average Bonchev–Trinajstić information content (AvgIpc) is 3.02. The zero-order chi connectivity index (χ0) is 22.1. The van der Waals surface area contributed by atoms with Crippen LogP contribution in [0.25, 0.3) is 5.57 Å². The van der Waals surface area contributed by atoms with Gasteiger partial charge in [0, 0.05) is 16.2 Å². The van der Waals surface area contributed by atoms with Crippen LogP contribution in [-0.2, 0) is 10.1 Å². The van der Waals surface area contributed by atoms with Crippen LogP contribution >= 0.6 is 0 Å². The first-order chi connectivity index (χ1) is 14.0. The fourth-order valence-electron chi connectivity index (χ4n) is 3.83. The van der Waals surface area contributed by atoms with E-state index in [9.17, 15) is 8.42 Å². The van der Waals surface area contributed by atoms with Crippen LogP contribution < -0.4 is 10.6 Å². The van der Waals surface area contributed by atoms with E-state index in [0.717, 1.165) is 17.3 Å². The van der Waals surface area contributed by atoms with E-state index in [1.165, 1.54) is 46.2 Å². The van der Waals surface area contributed by atoms with Gasteiger partial charge in [0.25, 0.3) is 10.1 Å². The van der Waals surface area contributed by atoms with Gasteiger partial charge in [0.15, 0.2) is 0 Å². The molecule has 1 N–H and O–H groups in total. The summed E-state index contributed by atoms with van der Waals surface area (Å²) >= 11 is 0. The maximum absolute atomic E-state index is 10.5. The van der Waals surface area contributed by atoms with E-state index in [-0.39, 0.29) is 10.3 Å². The minimum absolute atomic E-state index is 0.0666. The molecule has 0 radical (unpaired) electrons. The number of benzene rings is 2. The number of allylic oxidation sites excluding steroid dienone is 3. The quantitative estimate of drug-likeness (QED) is 0.724. The zero-order valence-corrected chi connectivity index (χ0v) is 19.0. The molecule has 0 bridgehead atoms. The summed E-state index contributed by atoms with van der Waals surface area (Å²) in [7, 11) is -4.02. The molecule has 0 spiro atoms. The highest BCUT2D eigenvalue weighted by Gasteiger charge is 2.31. The van der Waals surface area contributed by atoms with Gasteiger partial charge in [0.05, 0.1) is 15.9 Å². The van der Waals surface area contributed by atoms with Crippen molar-refractivity contribution in [2.75, 3.05) is 0 Å². The molecule has 0 aromatic heterocycles. The third kappa shape index (κ3) is 4.47. The van der Waals surface area contributed by atoms with Gasteiger partial charge in [-0.05, 0) is 50.1 Å². The Kier molecular flexibility index (Phi) is 6.16. The summed E-state index contributed by atoms with van der Waals surface area (Å²) in [6.07, 6.45) is 4.66. The lowest BCUT2D eigenvalue weighted by Gasteiger charge is -2.31. The molecule has 4 nitrogen and oxygen atoms in total. The normalized spacial score (nSPS) is 16.7. The molecule has 0 saturated carbocycles. The smallest absolute Gasteiger partial charge is 0.282 e. The van der Waals surface area contributed by atoms with Crippen LogP contribution in [0.15, 0.2) is 81.3 Å².